The van der Waals surface area contributed by atoms with E-state index in [1.54, 1.807) is 24.3 Å². The van der Waals surface area contributed by atoms with Gasteiger partial charge in [-0.05, 0) is 55.5 Å². The Bertz CT molecular complexity index is 1390. The number of nitrogens with zero attached hydrogens (tertiary/aromatic N) is 3. The summed E-state index contributed by atoms with van der Waals surface area (Å²) in [4.78, 5) is 22.6. The maximum atomic E-state index is 13.3. The molecule has 2 aromatic heterocycles. The summed E-state index contributed by atoms with van der Waals surface area (Å²) >= 11 is 5.98. The van der Waals surface area contributed by atoms with Crippen molar-refractivity contribution in [1.82, 2.24) is 14.5 Å². The zero-order chi connectivity index (χ0) is 21.4. The molecule has 3 aromatic carbocycles. The number of aryl methyl sites for hydroxylation is 1. The maximum Gasteiger partial charge on any atom is 0.228 e. The molecule has 0 spiro atoms. The first-order valence-corrected chi connectivity index (χ1v) is 10.3. The van der Waals surface area contributed by atoms with E-state index in [0.29, 0.717) is 34.6 Å². The van der Waals surface area contributed by atoms with Gasteiger partial charge in [-0.25, -0.2) is 9.97 Å². The summed E-state index contributed by atoms with van der Waals surface area (Å²) in [5.41, 5.74) is 3.81. The summed E-state index contributed by atoms with van der Waals surface area (Å²) < 4.78 is 7.81. The molecule has 0 aliphatic carbocycles. The third kappa shape index (κ3) is 3.64. The summed E-state index contributed by atoms with van der Waals surface area (Å²) in [6.07, 6.45) is 0. The van der Waals surface area contributed by atoms with Gasteiger partial charge in [0.2, 0.25) is 11.7 Å². The number of oxazole rings is 1. The van der Waals surface area contributed by atoms with Crippen molar-refractivity contribution < 1.29 is 9.21 Å². The van der Waals surface area contributed by atoms with Crippen LogP contribution in [0.4, 0.5) is 0 Å². The Morgan fingerprint density at radius 1 is 0.935 bits per heavy atom. The van der Waals surface area contributed by atoms with Gasteiger partial charge in [0.15, 0.2) is 5.82 Å². The highest BCUT2D eigenvalue weighted by molar-refractivity contribution is 6.30. The number of fused-ring (bicyclic) bond motifs is 1. The summed E-state index contributed by atoms with van der Waals surface area (Å²) in [5, 5.41) is 0.580. The van der Waals surface area contributed by atoms with Gasteiger partial charge in [0.05, 0.1) is 17.6 Å². The molecule has 5 aromatic rings. The first-order chi connectivity index (χ1) is 15.1. The van der Waals surface area contributed by atoms with E-state index in [1.165, 1.54) is 0 Å². The van der Waals surface area contributed by atoms with Crippen molar-refractivity contribution >= 4 is 28.4 Å². The predicted molar refractivity (Wildman–Crippen MR) is 120 cm³/mol. The molecule has 0 aliphatic heterocycles. The van der Waals surface area contributed by atoms with Crippen LogP contribution < -0.4 is 0 Å². The average molecular weight is 428 g/mol. The minimum atomic E-state index is -0.169. The van der Waals surface area contributed by atoms with E-state index in [9.17, 15) is 4.79 Å². The van der Waals surface area contributed by atoms with E-state index in [2.05, 4.69) is 4.98 Å². The molecule has 0 amide bonds. The van der Waals surface area contributed by atoms with Crippen LogP contribution in [-0.2, 0) is 6.54 Å². The molecule has 2 heterocycles. The number of para-hydroxylation sites is 2. The standard InChI is InChI=1S/C25H18ClN3O2/c1-16-21(28-25(31-16)18-7-3-2-4-8-18)15-29-22-10-6-5-9-20(22)27-24(29)23(30)17-11-13-19(26)14-12-17/h2-14H,15H2,1H3. The van der Waals surface area contributed by atoms with E-state index in [0.717, 1.165) is 22.3 Å². The number of benzene rings is 3. The van der Waals surface area contributed by atoms with Crippen LogP contribution in [0.1, 0.15) is 27.6 Å². The molecule has 0 saturated carbocycles. The van der Waals surface area contributed by atoms with Gasteiger partial charge < -0.3 is 8.98 Å². The highest BCUT2D eigenvalue weighted by Gasteiger charge is 2.21. The van der Waals surface area contributed by atoms with Crippen LogP contribution in [0.5, 0.6) is 0 Å². The topological polar surface area (TPSA) is 60.9 Å². The normalized spacial score (nSPS) is 11.2. The second kappa shape index (κ2) is 7.85. The summed E-state index contributed by atoms with van der Waals surface area (Å²) in [6.45, 7) is 2.26. The van der Waals surface area contributed by atoms with Gasteiger partial charge >= 0.3 is 0 Å². The molecule has 5 nitrogen and oxygen atoms in total. The monoisotopic (exact) mass is 427 g/mol. The Kier molecular flexibility index (Phi) is 4.88. The predicted octanol–water partition coefficient (Wildman–Crippen LogP) is 5.93. The highest BCUT2D eigenvalue weighted by atomic mass is 35.5. The van der Waals surface area contributed by atoms with Crippen molar-refractivity contribution in [3.8, 4) is 11.5 Å². The number of carbonyl (C=O) groups excluding carboxylic acids is 1. The van der Waals surface area contributed by atoms with Crippen LogP contribution >= 0.6 is 11.6 Å². The fourth-order valence-electron chi connectivity index (χ4n) is 3.57. The van der Waals surface area contributed by atoms with Crippen molar-refractivity contribution in [1.29, 1.82) is 0 Å². The Hall–Kier alpha value is -3.70. The second-order valence-corrected chi connectivity index (χ2v) is 7.67. The van der Waals surface area contributed by atoms with Crippen LogP contribution in [0.15, 0.2) is 83.3 Å². The average Bonchev–Trinajstić information content (AvgIpc) is 3.35. The fraction of sp³-hybridized carbons (Fsp3) is 0.0800. The number of hydrogen-bond acceptors (Lipinski definition) is 4. The summed E-state index contributed by atoms with van der Waals surface area (Å²) in [6, 6.07) is 24.3. The minimum absolute atomic E-state index is 0.169. The van der Waals surface area contributed by atoms with Crippen molar-refractivity contribution in [2.24, 2.45) is 0 Å². The van der Waals surface area contributed by atoms with Gasteiger partial charge in [0, 0.05) is 16.1 Å². The zero-order valence-electron chi connectivity index (χ0n) is 16.7. The van der Waals surface area contributed by atoms with E-state index in [4.69, 9.17) is 21.0 Å². The molecule has 0 saturated heterocycles. The fourth-order valence-corrected chi connectivity index (χ4v) is 3.69. The van der Waals surface area contributed by atoms with Gasteiger partial charge in [-0.3, -0.25) is 4.79 Å². The third-order valence-electron chi connectivity index (χ3n) is 5.19. The lowest BCUT2D eigenvalue weighted by Crippen LogP contribution is -2.13. The molecule has 0 bridgehead atoms. The molecule has 6 heteroatoms. The summed E-state index contributed by atoms with van der Waals surface area (Å²) in [7, 11) is 0. The molecule has 0 N–H and O–H groups in total. The largest absolute Gasteiger partial charge is 0.441 e. The molecule has 152 valence electrons. The second-order valence-electron chi connectivity index (χ2n) is 7.23. The van der Waals surface area contributed by atoms with Crippen LogP contribution in [-0.4, -0.2) is 20.3 Å². The molecule has 31 heavy (non-hydrogen) atoms. The minimum Gasteiger partial charge on any atom is -0.441 e. The lowest BCUT2D eigenvalue weighted by Gasteiger charge is -2.07. The number of hydrogen-bond donors (Lipinski definition) is 0. The Balaban J connectivity index is 1.59. The Morgan fingerprint density at radius 2 is 1.65 bits per heavy atom. The number of ketones is 1. The molecule has 0 fully saturated rings. The van der Waals surface area contributed by atoms with Crippen molar-refractivity contribution in [2.75, 3.05) is 0 Å². The number of halogens is 1. The third-order valence-corrected chi connectivity index (χ3v) is 5.44. The quantitative estimate of drug-likeness (QED) is 0.326. The van der Waals surface area contributed by atoms with Crippen LogP contribution in [0.3, 0.4) is 0 Å². The molecular formula is C25H18ClN3O2. The number of carbonyl (C=O) groups is 1. The zero-order valence-corrected chi connectivity index (χ0v) is 17.5. The lowest BCUT2D eigenvalue weighted by molar-refractivity contribution is 0.102. The van der Waals surface area contributed by atoms with E-state index < -0.39 is 0 Å². The van der Waals surface area contributed by atoms with Crippen molar-refractivity contribution in [3.63, 3.8) is 0 Å². The summed E-state index contributed by atoms with van der Waals surface area (Å²) in [5.74, 6) is 1.45. The van der Waals surface area contributed by atoms with E-state index >= 15 is 0 Å². The van der Waals surface area contributed by atoms with Crippen molar-refractivity contribution in [3.05, 3.63) is 107 Å². The van der Waals surface area contributed by atoms with Gasteiger partial charge in [0.25, 0.3) is 0 Å². The van der Waals surface area contributed by atoms with Crippen molar-refractivity contribution in [2.45, 2.75) is 13.5 Å². The first-order valence-electron chi connectivity index (χ1n) is 9.87. The molecule has 0 aliphatic rings. The number of imidazole rings is 1. The maximum absolute atomic E-state index is 13.3. The van der Waals surface area contributed by atoms with E-state index in [1.807, 2.05) is 66.1 Å². The molecule has 0 unspecified atom stereocenters. The van der Waals surface area contributed by atoms with Crippen LogP contribution in [0, 0.1) is 6.92 Å². The SMILES string of the molecule is Cc1oc(-c2ccccc2)nc1Cn1c(C(=O)c2ccc(Cl)cc2)nc2ccccc21. The molecular weight excluding hydrogens is 410 g/mol. The van der Waals surface area contributed by atoms with Gasteiger partial charge in [0.1, 0.15) is 11.5 Å². The highest BCUT2D eigenvalue weighted by Crippen LogP contribution is 2.25. The number of rotatable bonds is 5. The van der Waals surface area contributed by atoms with Crippen LogP contribution in [0.25, 0.3) is 22.5 Å². The Morgan fingerprint density at radius 3 is 2.42 bits per heavy atom. The lowest BCUT2D eigenvalue weighted by atomic mass is 10.1. The molecule has 5 rings (SSSR count). The van der Waals surface area contributed by atoms with Gasteiger partial charge in [-0.1, -0.05) is 41.9 Å². The van der Waals surface area contributed by atoms with Gasteiger partial charge in [-0.15, -0.1) is 0 Å². The molecule has 0 radical (unpaired) electrons. The van der Waals surface area contributed by atoms with Gasteiger partial charge in [-0.2, -0.15) is 0 Å². The first kappa shape index (κ1) is 19.3. The Labute approximate surface area is 183 Å². The number of aromatic nitrogens is 3. The van der Waals surface area contributed by atoms with E-state index in [-0.39, 0.29) is 5.78 Å². The smallest absolute Gasteiger partial charge is 0.228 e. The van der Waals surface area contributed by atoms with Crippen LogP contribution in [0.2, 0.25) is 5.02 Å². The molecule has 0 atom stereocenters.